The maximum atomic E-state index is 11.4. The van der Waals surface area contributed by atoms with Crippen molar-refractivity contribution in [1.29, 1.82) is 0 Å². The summed E-state index contributed by atoms with van der Waals surface area (Å²) in [4.78, 5) is 14.4. The summed E-state index contributed by atoms with van der Waals surface area (Å²) < 4.78 is 25.4. The highest BCUT2D eigenvalue weighted by molar-refractivity contribution is 7.89. The summed E-state index contributed by atoms with van der Waals surface area (Å²) in [7, 11) is -1.19. The van der Waals surface area contributed by atoms with Crippen LogP contribution in [0, 0.1) is 0 Å². The largest absolute Gasteiger partial charge is 0.357 e. The smallest absolute Gasteiger partial charge is 0.211 e. The van der Waals surface area contributed by atoms with Gasteiger partial charge in [0, 0.05) is 26.7 Å². The number of rotatable bonds is 10. The summed E-state index contributed by atoms with van der Waals surface area (Å²) in [5, 5.41) is 3.26. The lowest BCUT2D eigenvalue weighted by molar-refractivity contribution is 0.463. The van der Waals surface area contributed by atoms with Gasteiger partial charge < -0.3 is 15.2 Å². The Labute approximate surface area is 167 Å². The Morgan fingerprint density at radius 3 is 2.68 bits per heavy atom. The molecule has 0 aliphatic carbocycles. The third-order valence-electron chi connectivity index (χ3n) is 4.10. The molecule has 1 aromatic carbocycles. The summed E-state index contributed by atoms with van der Waals surface area (Å²) in [6.45, 7) is 5.89. The molecule has 1 aromatic heterocycles. The Hall–Kier alpha value is -2.39. The molecule has 0 atom stereocenters. The average Bonchev–Trinajstić information content (AvgIpc) is 3.16. The monoisotopic (exact) mass is 406 g/mol. The first kappa shape index (κ1) is 21.9. The second kappa shape index (κ2) is 10.8. The van der Waals surface area contributed by atoms with E-state index >= 15 is 0 Å². The molecule has 9 heteroatoms. The predicted octanol–water partition coefficient (Wildman–Crippen LogP) is 1.80. The van der Waals surface area contributed by atoms with Gasteiger partial charge in [0.2, 0.25) is 10.0 Å². The van der Waals surface area contributed by atoms with E-state index in [1.165, 1.54) is 0 Å². The van der Waals surface area contributed by atoms with Crippen LogP contribution in [-0.2, 0) is 16.6 Å². The first-order valence-corrected chi connectivity index (χ1v) is 11.2. The molecule has 2 rings (SSSR count). The topological polar surface area (TPSA) is 102 Å². The van der Waals surface area contributed by atoms with Crippen molar-refractivity contribution in [3.05, 3.63) is 42.4 Å². The molecule has 0 aliphatic rings. The van der Waals surface area contributed by atoms with Crippen LogP contribution in [0.4, 0.5) is 0 Å². The molecule has 8 nitrogen and oxygen atoms in total. The third-order valence-corrected chi connectivity index (χ3v) is 5.50. The van der Waals surface area contributed by atoms with Crippen LogP contribution in [0.25, 0.3) is 11.3 Å². The minimum Gasteiger partial charge on any atom is -0.357 e. The maximum Gasteiger partial charge on any atom is 0.211 e. The number of hydrogen-bond acceptors (Lipinski definition) is 4. The quantitative estimate of drug-likeness (QED) is 0.317. The molecule has 0 aliphatic heterocycles. The van der Waals surface area contributed by atoms with Crippen molar-refractivity contribution in [2.75, 3.05) is 32.4 Å². The molecular formula is C19H30N6O2S. The number of guanidine groups is 1. The number of aliphatic imine (C=N–C) groups is 1. The Balaban J connectivity index is 1.91. The molecule has 3 N–H and O–H groups in total. The fourth-order valence-corrected chi connectivity index (χ4v) is 3.23. The molecule has 0 unspecified atom stereocenters. The molecule has 0 radical (unpaired) electrons. The molecule has 0 fully saturated rings. The van der Waals surface area contributed by atoms with Gasteiger partial charge in [-0.3, -0.25) is 4.99 Å². The normalized spacial score (nSPS) is 12.2. The molecule has 2 aromatic rings. The lowest BCUT2D eigenvalue weighted by Gasteiger charge is -2.21. The van der Waals surface area contributed by atoms with Crippen molar-refractivity contribution >= 4 is 16.0 Å². The van der Waals surface area contributed by atoms with Crippen LogP contribution < -0.4 is 10.0 Å². The number of H-pyrrole nitrogens is 1. The Bertz CT molecular complexity index is 848. The molecule has 0 saturated carbocycles. The second-order valence-electron chi connectivity index (χ2n) is 6.35. The molecule has 0 amide bonds. The van der Waals surface area contributed by atoms with E-state index in [-0.39, 0.29) is 5.75 Å². The van der Waals surface area contributed by atoms with Gasteiger partial charge in [0.05, 0.1) is 24.2 Å². The van der Waals surface area contributed by atoms with Gasteiger partial charge in [0.1, 0.15) is 5.82 Å². The Kier molecular flexibility index (Phi) is 8.46. The van der Waals surface area contributed by atoms with Crippen LogP contribution in [0.1, 0.15) is 26.1 Å². The number of hydrogen-bond donors (Lipinski definition) is 3. The van der Waals surface area contributed by atoms with E-state index in [0.29, 0.717) is 26.1 Å². The summed E-state index contributed by atoms with van der Waals surface area (Å²) in [6.07, 6.45) is 2.48. The minimum absolute atomic E-state index is 0.0930. The van der Waals surface area contributed by atoms with Crippen molar-refractivity contribution in [3.63, 3.8) is 0 Å². The maximum absolute atomic E-state index is 11.4. The zero-order chi connectivity index (χ0) is 20.4. The van der Waals surface area contributed by atoms with E-state index in [0.717, 1.165) is 29.6 Å². The molecule has 0 saturated heterocycles. The van der Waals surface area contributed by atoms with Crippen molar-refractivity contribution in [3.8, 4) is 11.3 Å². The SMILES string of the molecule is CCNC(=NCCCNS(=O)(=O)CC)N(C)Cc1ncc(-c2ccccc2)[nH]1. The zero-order valence-electron chi connectivity index (χ0n) is 16.8. The number of aromatic nitrogens is 2. The average molecular weight is 407 g/mol. The van der Waals surface area contributed by atoms with Crippen LogP contribution in [-0.4, -0.2) is 61.7 Å². The minimum atomic E-state index is -3.14. The summed E-state index contributed by atoms with van der Waals surface area (Å²) in [5.74, 6) is 1.71. The van der Waals surface area contributed by atoms with Gasteiger partial charge in [0.25, 0.3) is 0 Å². The number of nitrogens with one attached hydrogen (secondary N) is 3. The standard InChI is InChI=1S/C19H30N6O2S/c1-4-20-19(21-12-9-13-23-28(26,27)5-2)25(3)15-18-22-14-17(24-18)16-10-7-6-8-11-16/h6-8,10-11,14,23H,4-5,9,12-13,15H2,1-3H3,(H,20,21)(H,22,24). The van der Waals surface area contributed by atoms with Gasteiger partial charge in [-0.25, -0.2) is 18.1 Å². The third kappa shape index (κ3) is 6.97. The van der Waals surface area contributed by atoms with E-state index in [2.05, 4.69) is 25.0 Å². The lowest BCUT2D eigenvalue weighted by Crippen LogP contribution is -2.39. The van der Waals surface area contributed by atoms with Crippen molar-refractivity contribution in [2.24, 2.45) is 4.99 Å². The fourth-order valence-electron chi connectivity index (χ4n) is 2.57. The Morgan fingerprint density at radius 2 is 2.00 bits per heavy atom. The van der Waals surface area contributed by atoms with Gasteiger partial charge in [-0.15, -0.1) is 0 Å². The van der Waals surface area contributed by atoms with Crippen LogP contribution >= 0.6 is 0 Å². The van der Waals surface area contributed by atoms with Crippen molar-refractivity contribution in [2.45, 2.75) is 26.8 Å². The number of nitrogens with zero attached hydrogens (tertiary/aromatic N) is 3. The summed E-state index contributed by atoms with van der Waals surface area (Å²) >= 11 is 0. The molecule has 1 heterocycles. The number of benzene rings is 1. The molecule has 0 bridgehead atoms. The highest BCUT2D eigenvalue weighted by Crippen LogP contribution is 2.16. The van der Waals surface area contributed by atoms with Crippen LogP contribution in [0.2, 0.25) is 0 Å². The van der Waals surface area contributed by atoms with Gasteiger partial charge in [-0.1, -0.05) is 30.3 Å². The van der Waals surface area contributed by atoms with Gasteiger partial charge >= 0.3 is 0 Å². The van der Waals surface area contributed by atoms with Gasteiger partial charge in [-0.05, 0) is 25.8 Å². The summed E-state index contributed by atoms with van der Waals surface area (Å²) in [6, 6.07) is 10.1. The van der Waals surface area contributed by atoms with Crippen molar-refractivity contribution < 1.29 is 8.42 Å². The molecular weight excluding hydrogens is 376 g/mol. The summed E-state index contributed by atoms with van der Waals surface area (Å²) in [5.41, 5.74) is 2.08. The fraction of sp³-hybridized carbons (Fsp3) is 0.474. The Morgan fingerprint density at radius 1 is 1.25 bits per heavy atom. The number of imidazole rings is 1. The van der Waals surface area contributed by atoms with E-state index < -0.39 is 10.0 Å². The number of aromatic amines is 1. The van der Waals surface area contributed by atoms with E-state index in [1.54, 1.807) is 6.92 Å². The zero-order valence-corrected chi connectivity index (χ0v) is 17.6. The van der Waals surface area contributed by atoms with Crippen molar-refractivity contribution in [1.82, 2.24) is 24.9 Å². The van der Waals surface area contributed by atoms with Crippen LogP contribution in [0.5, 0.6) is 0 Å². The second-order valence-corrected chi connectivity index (χ2v) is 8.45. The highest BCUT2D eigenvalue weighted by atomic mass is 32.2. The highest BCUT2D eigenvalue weighted by Gasteiger charge is 2.10. The van der Waals surface area contributed by atoms with Gasteiger partial charge in [0.15, 0.2) is 5.96 Å². The predicted molar refractivity (Wildman–Crippen MR) is 114 cm³/mol. The van der Waals surface area contributed by atoms with E-state index in [9.17, 15) is 8.42 Å². The van der Waals surface area contributed by atoms with E-state index in [1.807, 2.05) is 55.4 Å². The first-order valence-electron chi connectivity index (χ1n) is 9.51. The number of sulfonamides is 1. The lowest BCUT2D eigenvalue weighted by atomic mass is 10.2. The first-order chi connectivity index (χ1) is 13.4. The molecule has 0 spiro atoms. The molecule has 28 heavy (non-hydrogen) atoms. The van der Waals surface area contributed by atoms with E-state index in [4.69, 9.17) is 0 Å². The van der Waals surface area contributed by atoms with Gasteiger partial charge in [-0.2, -0.15) is 0 Å². The molecule has 154 valence electrons. The van der Waals surface area contributed by atoms with Crippen LogP contribution in [0.15, 0.2) is 41.5 Å². The van der Waals surface area contributed by atoms with Crippen LogP contribution in [0.3, 0.4) is 0 Å².